The van der Waals surface area contributed by atoms with Gasteiger partial charge in [0, 0.05) is 44.7 Å². The van der Waals surface area contributed by atoms with Crippen LogP contribution in [0.3, 0.4) is 0 Å². The molecule has 2 aromatic heterocycles. The summed E-state index contributed by atoms with van der Waals surface area (Å²) in [4.78, 5) is 18.1. The van der Waals surface area contributed by atoms with Gasteiger partial charge < -0.3 is 130 Å². The van der Waals surface area contributed by atoms with Crippen molar-refractivity contribution in [3.8, 4) is 67.5 Å². The molecule has 4 aromatic carbocycles. The van der Waals surface area contributed by atoms with E-state index in [1.165, 1.54) is 0 Å². The summed E-state index contributed by atoms with van der Waals surface area (Å²) in [7, 11) is 0. The van der Waals surface area contributed by atoms with E-state index in [0.717, 1.165) is 0 Å². The quantitative estimate of drug-likeness (QED) is 0.0582. The molecular formula is C68H72N4O24. The van der Waals surface area contributed by atoms with Crippen molar-refractivity contribution in [2.75, 3.05) is 26.4 Å². The summed E-state index contributed by atoms with van der Waals surface area (Å²) in [6.45, 7) is -2.76. The number of hydrogen-bond donors (Lipinski definition) is 18. The fourth-order valence-corrected chi connectivity index (χ4v) is 12.8. The van der Waals surface area contributed by atoms with Crippen LogP contribution in [0.1, 0.15) is 34.2 Å². The summed E-state index contributed by atoms with van der Waals surface area (Å²) < 4.78 is 47.7. The third-order valence-corrected chi connectivity index (χ3v) is 18.0. The molecule has 20 atom stereocenters. The van der Waals surface area contributed by atoms with E-state index >= 15 is 0 Å². The number of aromatic amines is 2. The molecule has 0 aliphatic carbocycles. The van der Waals surface area contributed by atoms with Gasteiger partial charge in [0.25, 0.3) is 0 Å². The number of aryl methyl sites for hydroxylation is 2. The molecule has 0 amide bonds. The van der Waals surface area contributed by atoms with E-state index in [1.54, 1.807) is 97.1 Å². The second-order valence-corrected chi connectivity index (χ2v) is 24.2. The minimum absolute atomic E-state index is 0.141. The maximum atomic E-state index is 11.1. The van der Waals surface area contributed by atoms with Crippen molar-refractivity contribution in [1.29, 1.82) is 0 Å². The second kappa shape index (κ2) is 27.9. The average Bonchev–Trinajstić information content (AvgIpc) is 1.58. The highest BCUT2D eigenvalue weighted by Gasteiger charge is 2.48. The van der Waals surface area contributed by atoms with Crippen LogP contribution in [0, 0.1) is 0 Å². The number of aliphatic hydroxyl groups excluding tert-OH is 16. The van der Waals surface area contributed by atoms with E-state index in [9.17, 15) is 81.7 Å². The number of fused-ring (bicyclic) bond motifs is 8. The molecule has 4 fully saturated rings. The van der Waals surface area contributed by atoms with Crippen molar-refractivity contribution in [3.63, 3.8) is 0 Å². The predicted octanol–water partition coefficient (Wildman–Crippen LogP) is -0.454. The van der Waals surface area contributed by atoms with Crippen molar-refractivity contribution in [2.24, 2.45) is 0 Å². The number of hydrogen-bond acceptors (Lipinski definition) is 26. The third kappa shape index (κ3) is 12.9. The maximum absolute atomic E-state index is 11.1. The van der Waals surface area contributed by atoms with Crippen molar-refractivity contribution < 1.29 is 120 Å². The Morgan fingerprint density at radius 2 is 0.583 bits per heavy atom. The monoisotopic (exact) mass is 1330 g/mol. The summed E-state index contributed by atoms with van der Waals surface area (Å²) in [5.41, 5.74) is 8.08. The average molecular weight is 1330 g/mol. The number of aromatic nitrogens is 4. The number of benzene rings is 4. The number of H-pyrrole nitrogens is 2. The molecule has 8 bridgehead atoms. The Bertz CT molecular complexity index is 3830. The van der Waals surface area contributed by atoms with Gasteiger partial charge >= 0.3 is 0 Å². The van der Waals surface area contributed by atoms with Crippen molar-refractivity contribution in [1.82, 2.24) is 19.9 Å². The van der Waals surface area contributed by atoms with Crippen LogP contribution in [0.15, 0.2) is 109 Å². The highest BCUT2D eigenvalue weighted by atomic mass is 16.7. The van der Waals surface area contributed by atoms with Crippen molar-refractivity contribution in [3.05, 3.63) is 143 Å². The van der Waals surface area contributed by atoms with E-state index < -0.39 is 149 Å². The Hall–Kier alpha value is -7.86. The molecule has 96 heavy (non-hydrogen) atoms. The molecule has 6 aromatic rings. The summed E-state index contributed by atoms with van der Waals surface area (Å²) >= 11 is 0. The summed E-state index contributed by atoms with van der Waals surface area (Å²) in [5.74, 6) is 0.594. The summed E-state index contributed by atoms with van der Waals surface area (Å²) in [6, 6.07) is 30.6. The van der Waals surface area contributed by atoms with E-state index in [0.29, 0.717) is 103 Å². The molecule has 0 saturated carbocycles. The lowest BCUT2D eigenvalue weighted by Gasteiger charge is -2.39. The van der Waals surface area contributed by atoms with Gasteiger partial charge in [-0.2, -0.15) is 0 Å². The Balaban J connectivity index is 1.03. The fraction of sp³-hybridized carbons (Fsp3) is 0.382. The van der Waals surface area contributed by atoms with Gasteiger partial charge in [0.1, 0.15) is 121 Å². The molecule has 28 heteroatoms. The normalized spacial score (nSPS) is 31.6. The van der Waals surface area contributed by atoms with E-state index in [4.69, 9.17) is 47.9 Å². The lowest BCUT2D eigenvalue weighted by molar-refractivity contribution is -0.277. The lowest BCUT2D eigenvalue weighted by Crippen LogP contribution is -2.60. The molecule has 4 saturated heterocycles. The largest absolute Gasteiger partial charge is 0.462 e. The first-order valence-electron chi connectivity index (χ1n) is 31.1. The molecule has 7 aliphatic heterocycles. The SMILES string of the molecule is OC[C@H]1O[C@@H](Oc2cccc(-c3c4nc(c(-c5cccc(O[C@@H]6O[C@H](CO)[C@H](O)[C@H](O)[C@H]6O)c5)c5ccc([nH]5)c(-c5cccc(O[C@@H]6O[C@H](CO)[C@H](O)[C@H](O)[C@H]6O)c5)c5nc(c(-c6cccc(O[C@@H]7O[C@H](CO)[C@H](O)[C@H](O)[C@H]7O)c6)c6[nH]c3CC6)C=C5)C=C4)c2)[C@H](O)[C@@H](O)[C@H]1O. The van der Waals surface area contributed by atoms with Crippen LogP contribution >= 0.6 is 0 Å². The van der Waals surface area contributed by atoms with Gasteiger partial charge in [-0.25, -0.2) is 9.97 Å². The summed E-state index contributed by atoms with van der Waals surface area (Å²) in [5, 5.41) is 169. The van der Waals surface area contributed by atoms with Crippen LogP contribution in [0.5, 0.6) is 23.0 Å². The number of aliphatic hydroxyl groups is 16. The van der Waals surface area contributed by atoms with E-state index in [2.05, 4.69) is 9.97 Å². The molecule has 508 valence electrons. The first kappa shape index (κ1) is 66.7. The highest BCUT2D eigenvalue weighted by molar-refractivity contribution is 5.97. The predicted molar refractivity (Wildman–Crippen MR) is 337 cm³/mol. The lowest BCUT2D eigenvalue weighted by atomic mass is 9.98. The molecular weight excluding hydrogens is 1260 g/mol. The van der Waals surface area contributed by atoms with Crippen LogP contribution in [-0.2, 0) is 31.8 Å². The Labute approximate surface area is 545 Å². The Morgan fingerprint density at radius 3 is 0.854 bits per heavy atom. The zero-order valence-corrected chi connectivity index (χ0v) is 50.8. The second-order valence-electron chi connectivity index (χ2n) is 24.2. The Morgan fingerprint density at radius 1 is 0.323 bits per heavy atom. The number of nitrogens with zero attached hydrogens (tertiary/aromatic N) is 2. The maximum Gasteiger partial charge on any atom is 0.229 e. The Kier molecular flexibility index (Phi) is 19.4. The highest BCUT2D eigenvalue weighted by Crippen LogP contribution is 2.42. The zero-order chi connectivity index (χ0) is 67.4. The molecule has 13 rings (SSSR count). The molecule has 28 nitrogen and oxygen atoms in total. The molecule has 0 unspecified atom stereocenters. The van der Waals surface area contributed by atoms with Gasteiger partial charge in [-0.3, -0.25) is 0 Å². The van der Waals surface area contributed by atoms with Gasteiger partial charge in [0.2, 0.25) is 25.2 Å². The molecule has 0 radical (unpaired) electrons. The molecule has 7 aliphatic rings. The van der Waals surface area contributed by atoms with Crippen LogP contribution in [0.2, 0.25) is 0 Å². The summed E-state index contributed by atoms with van der Waals surface area (Å²) in [6.07, 6.45) is -23.7. The van der Waals surface area contributed by atoms with Gasteiger partial charge in [-0.05, 0) is 120 Å². The fourth-order valence-electron chi connectivity index (χ4n) is 12.8. The van der Waals surface area contributed by atoms with E-state index in [1.807, 2.05) is 36.4 Å². The standard InChI is InChI=1S/C68H72N4O24/c73-25-45-53(77)57(81)61(85)65(93-45)89-33-9-1-5-29(21-33)49-37-13-15-39(69-37)50(30-6-2-10-34(22-30)90-66-62(86)58(82)54(78)46(26-74)94-66)41-17-19-43(71-41)52(32-8-4-12-36(24-32)92-68-64(88)60(84)56(80)48(28-76)96-68)44-20-18-42(72-44)51(40-16-14-38(49)70-40)31-7-3-11-35(23-31)91-67-63(87)59(83)55(79)47(27-75)95-67/h1-17,19,21-24,45-48,53-69,72-88H,18,20,25-28H2/t45-,46-,47-,48-,53+,54+,55+,56+,57+,58+,59+,60+,61-,62-,63-,64-,65-,66-,67-,68-/m1/s1. The van der Waals surface area contributed by atoms with Crippen LogP contribution in [0.4, 0.5) is 0 Å². The van der Waals surface area contributed by atoms with Gasteiger partial charge in [-0.1, -0.05) is 48.5 Å². The third-order valence-electron chi connectivity index (χ3n) is 18.0. The minimum Gasteiger partial charge on any atom is -0.462 e. The first-order chi connectivity index (χ1) is 46.3. The number of rotatable bonds is 16. The van der Waals surface area contributed by atoms with Crippen molar-refractivity contribution in [2.45, 2.75) is 136 Å². The molecule has 0 spiro atoms. The first-order valence-corrected chi connectivity index (χ1v) is 31.1. The van der Waals surface area contributed by atoms with Crippen LogP contribution < -0.4 is 18.9 Å². The molecule has 18 N–H and O–H groups in total. The zero-order valence-electron chi connectivity index (χ0n) is 50.8. The van der Waals surface area contributed by atoms with E-state index in [-0.39, 0.29) is 23.0 Å². The van der Waals surface area contributed by atoms with Crippen LogP contribution in [0.25, 0.3) is 79.8 Å². The van der Waals surface area contributed by atoms with Gasteiger partial charge in [-0.15, -0.1) is 0 Å². The van der Waals surface area contributed by atoms with Gasteiger partial charge in [0.15, 0.2) is 0 Å². The smallest absolute Gasteiger partial charge is 0.229 e. The van der Waals surface area contributed by atoms with Crippen LogP contribution in [-0.4, -0.2) is 251 Å². The number of nitrogens with one attached hydrogen (secondary N) is 2. The van der Waals surface area contributed by atoms with Gasteiger partial charge in [0.05, 0.1) is 49.2 Å². The van der Waals surface area contributed by atoms with Crippen molar-refractivity contribution >= 4 is 35.3 Å². The number of ether oxygens (including phenoxy) is 8. The molecule has 9 heterocycles. The topological polar surface area (TPSA) is 455 Å². The minimum atomic E-state index is -1.74.